The molecule has 27 heavy (non-hydrogen) atoms. The van der Waals surface area contributed by atoms with Gasteiger partial charge in [0.2, 0.25) is 0 Å². The van der Waals surface area contributed by atoms with Gasteiger partial charge in [-0.2, -0.15) is 0 Å². The van der Waals surface area contributed by atoms with Crippen molar-refractivity contribution in [1.82, 2.24) is 5.32 Å². The second-order valence-electron chi connectivity index (χ2n) is 5.72. The normalized spacial score (nSPS) is 10.2. The van der Waals surface area contributed by atoms with Crippen LogP contribution in [0.4, 0.5) is 0 Å². The van der Waals surface area contributed by atoms with Crippen molar-refractivity contribution in [2.75, 3.05) is 34.0 Å². The zero-order chi connectivity index (χ0) is 19.6. The van der Waals surface area contributed by atoms with Crippen LogP contribution in [0.1, 0.15) is 29.8 Å². The van der Waals surface area contributed by atoms with Crippen LogP contribution in [-0.4, -0.2) is 39.9 Å². The molecule has 2 rings (SSSR count). The lowest BCUT2D eigenvalue weighted by Gasteiger charge is -2.13. The van der Waals surface area contributed by atoms with Crippen molar-refractivity contribution < 1.29 is 23.7 Å². The molecule has 0 fully saturated rings. The van der Waals surface area contributed by atoms with Crippen molar-refractivity contribution in [3.8, 4) is 23.0 Å². The number of nitrogens with one attached hydrogen (secondary N) is 1. The first-order valence-electron chi connectivity index (χ1n) is 9.01. The second-order valence-corrected chi connectivity index (χ2v) is 5.72. The lowest BCUT2D eigenvalue weighted by molar-refractivity contribution is 0.0950. The van der Waals surface area contributed by atoms with E-state index in [4.69, 9.17) is 18.9 Å². The molecule has 0 aliphatic rings. The molecule has 2 aromatic carbocycles. The third kappa shape index (κ3) is 5.54. The summed E-state index contributed by atoms with van der Waals surface area (Å²) < 4.78 is 21.7. The van der Waals surface area contributed by atoms with Crippen LogP contribution >= 0.6 is 0 Å². The van der Waals surface area contributed by atoms with Gasteiger partial charge < -0.3 is 24.3 Å². The molecule has 0 unspecified atom stereocenters. The van der Waals surface area contributed by atoms with Gasteiger partial charge in [0, 0.05) is 6.54 Å². The van der Waals surface area contributed by atoms with E-state index >= 15 is 0 Å². The molecule has 0 heterocycles. The molecular formula is C21H27NO5. The number of carbonyl (C=O) groups is 1. The fraction of sp³-hybridized carbons (Fsp3) is 0.381. The van der Waals surface area contributed by atoms with E-state index < -0.39 is 0 Å². The summed E-state index contributed by atoms with van der Waals surface area (Å²) in [5, 5.41) is 2.92. The first kappa shape index (κ1) is 20.4. The standard InChI is InChI=1S/C21H27NO5/c1-5-26-19-9-7-15(13-20(19)27-6-2)11-12-22-21(23)17-14-16(24-3)8-10-18(17)25-4/h7-10,13-14H,5-6,11-12H2,1-4H3,(H,22,23). The van der Waals surface area contributed by atoms with E-state index in [-0.39, 0.29) is 5.91 Å². The number of rotatable bonds is 10. The van der Waals surface area contributed by atoms with E-state index in [1.54, 1.807) is 25.3 Å². The quantitative estimate of drug-likeness (QED) is 0.691. The van der Waals surface area contributed by atoms with Crippen LogP contribution in [0.15, 0.2) is 36.4 Å². The Bertz CT molecular complexity index is 760. The Kier molecular flexibility index (Phi) is 7.79. The zero-order valence-electron chi connectivity index (χ0n) is 16.3. The Morgan fingerprint density at radius 1 is 0.889 bits per heavy atom. The van der Waals surface area contributed by atoms with E-state index in [1.807, 2.05) is 32.0 Å². The molecule has 6 nitrogen and oxygen atoms in total. The van der Waals surface area contributed by atoms with Gasteiger partial charge in [-0.15, -0.1) is 0 Å². The third-order valence-corrected chi connectivity index (χ3v) is 3.96. The molecule has 2 aromatic rings. The van der Waals surface area contributed by atoms with E-state index in [0.29, 0.717) is 43.2 Å². The molecule has 0 saturated carbocycles. The van der Waals surface area contributed by atoms with Gasteiger partial charge in [-0.3, -0.25) is 4.79 Å². The van der Waals surface area contributed by atoms with Gasteiger partial charge in [-0.1, -0.05) is 6.07 Å². The van der Waals surface area contributed by atoms with Crippen molar-refractivity contribution in [3.05, 3.63) is 47.5 Å². The number of ether oxygens (including phenoxy) is 4. The average Bonchev–Trinajstić information content (AvgIpc) is 2.69. The maximum Gasteiger partial charge on any atom is 0.255 e. The number of hydrogen-bond donors (Lipinski definition) is 1. The number of benzene rings is 2. The monoisotopic (exact) mass is 373 g/mol. The molecule has 6 heteroatoms. The van der Waals surface area contributed by atoms with Gasteiger partial charge in [0.05, 0.1) is 33.0 Å². The summed E-state index contributed by atoms with van der Waals surface area (Å²) >= 11 is 0. The predicted octanol–water partition coefficient (Wildman–Crippen LogP) is 3.47. The molecule has 0 aromatic heterocycles. The highest BCUT2D eigenvalue weighted by molar-refractivity contribution is 5.97. The zero-order valence-corrected chi connectivity index (χ0v) is 16.3. The van der Waals surface area contributed by atoms with Crippen molar-refractivity contribution in [2.24, 2.45) is 0 Å². The van der Waals surface area contributed by atoms with Crippen molar-refractivity contribution >= 4 is 5.91 Å². The van der Waals surface area contributed by atoms with Crippen LogP contribution in [0.3, 0.4) is 0 Å². The predicted molar refractivity (Wildman–Crippen MR) is 104 cm³/mol. The molecule has 0 atom stereocenters. The third-order valence-electron chi connectivity index (χ3n) is 3.96. The highest BCUT2D eigenvalue weighted by Gasteiger charge is 2.13. The lowest BCUT2D eigenvalue weighted by atomic mass is 10.1. The van der Waals surface area contributed by atoms with Crippen molar-refractivity contribution in [3.63, 3.8) is 0 Å². The lowest BCUT2D eigenvalue weighted by Crippen LogP contribution is -2.26. The van der Waals surface area contributed by atoms with Crippen molar-refractivity contribution in [1.29, 1.82) is 0 Å². The van der Waals surface area contributed by atoms with Gasteiger partial charge in [0.15, 0.2) is 11.5 Å². The van der Waals surface area contributed by atoms with Gasteiger partial charge >= 0.3 is 0 Å². The molecule has 146 valence electrons. The summed E-state index contributed by atoms with van der Waals surface area (Å²) in [4.78, 5) is 12.5. The fourth-order valence-electron chi connectivity index (χ4n) is 2.66. The topological polar surface area (TPSA) is 66.0 Å². The number of methoxy groups -OCH3 is 2. The molecular weight excluding hydrogens is 346 g/mol. The second kappa shape index (κ2) is 10.3. The maximum atomic E-state index is 12.5. The Hall–Kier alpha value is -2.89. The highest BCUT2D eigenvalue weighted by Crippen LogP contribution is 2.28. The number of amides is 1. The van der Waals surface area contributed by atoms with E-state index in [0.717, 1.165) is 17.1 Å². The number of carbonyl (C=O) groups excluding carboxylic acids is 1. The van der Waals surface area contributed by atoms with Gasteiger partial charge in [0.25, 0.3) is 5.91 Å². The molecule has 0 saturated heterocycles. The molecule has 1 N–H and O–H groups in total. The van der Waals surface area contributed by atoms with Crippen molar-refractivity contribution in [2.45, 2.75) is 20.3 Å². The summed E-state index contributed by atoms with van der Waals surface area (Å²) in [7, 11) is 3.10. The van der Waals surface area contributed by atoms with E-state index in [1.165, 1.54) is 7.11 Å². The summed E-state index contributed by atoms with van der Waals surface area (Å²) in [6, 6.07) is 11.0. The Morgan fingerprint density at radius 3 is 2.26 bits per heavy atom. The average molecular weight is 373 g/mol. The van der Waals surface area contributed by atoms with E-state index in [9.17, 15) is 4.79 Å². The Balaban J connectivity index is 2.01. The summed E-state index contributed by atoms with van der Waals surface area (Å²) in [5.74, 6) is 2.36. The molecule has 0 radical (unpaired) electrons. The molecule has 0 spiro atoms. The first-order valence-corrected chi connectivity index (χ1v) is 9.01. The molecule has 1 amide bonds. The van der Waals surface area contributed by atoms with Crippen LogP contribution in [0.25, 0.3) is 0 Å². The van der Waals surface area contributed by atoms with Gasteiger partial charge in [0.1, 0.15) is 11.5 Å². The minimum atomic E-state index is -0.207. The van der Waals surface area contributed by atoms with Crippen LogP contribution in [-0.2, 0) is 6.42 Å². The summed E-state index contributed by atoms with van der Waals surface area (Å²) in [5.41, 5.74) is 1.50. The smallest absolute Gasteiger partial charge is 0.255 e. The molecule has 0 bridgehead atoms. The summed E-state index contributed by atoms with van der Waals surface area (Å²) in [6.45, 7) is 5.50. The number of hydrogen-bond acceptors (Lipinski definition) is 5. The Morgan fingerprint density at radius 2 is 1.59 bits per heavy atom. The fourth-order valence-corrected chi connectivity index (χ4v) is 2.66. The van der Waals surface area contributed by atoms with Gasteiger partial charge in [-0.25, -0.2) is 0 Å². The van der Waals surface area contributed by atoms with Crippen LogP contribution in [0.2, 0.25) is 0 Å². The Labute approximate surface area is 160 Å². The molecule has 0 aliphatic carbocycles. The largest absolute Gasteiger partial charge is 0.497 e. The summed E-state index contributed by atoms with van der Waals surface area (Å²) in [6.07, 6.45) is 0.671. The highest BCUT2D eigenvalue weighted by atomic mass is 16.5. The maximum absolute atomic E-state index is 12.5. The van der Waals surface area contributed by atoms with E-state index in [2.05, 4.69) is 5.32 Å². The van der Waals surface area contributed by atoms with Crippen LogP contribution in [0.5, 0.6) is 23.0 Å². The first-order chi connectivity index (χ1) is 13.1. The SMILES string of the molecule is CCOc1ccc(CCNC(=O)c2cc(OC)ccc2OC)cc1OCC. The van der Waals surface area contributed by atoms with Crippen LogP contribution < -0.4 is 24.3 Å². The minimum Gasteiger partial charge on any atom is -0.497 e. The minimum absolute atomic E-state index is 0.207. The molecule has 0 aliphatic heterocycles. The van der Waals surface area contributed by atoms with Crippen LogP contribution in [0, 0.1) is 0 Å². The van der Waals surface area contributed by atoms with Gasteiger partial charge in [-0.05, 0) is 56.2 Å².